The number of hydrogen-bond acceptors (Lipinski definition) is 4. The zero-order chi connectivity index (χ0) is 26.8. The van der Waals surface area contributed by atoms with Crippen LogP contribution in [-0.4, -0.2) is 43.7 Å². The minimum Gasteiger partial charge on any atom is -0.349 e. The molecule has 37 heavy (non-hydrogen) atoms. The van der Waals surface area contributed by atoms with Gasteiger partial charge in [0.1, 0.15) is 0 Å². The molecule has 7 nitrogen and oxygen atoms in total. The van der Waals surface area contributed by atoms with Crippen molar-refractivity contribution in [1.29, 1.82) is 0 Å². The van der Waals surface area contributed by atoms with Gasteiger partial charge in [-0.1, -0.05) is 34.3 Å². The van der Waals surface area contributed by atoms with Crippen LogP contribution in [0.15, 0.2) is 41.8 Å². The highest BCUT2D eigenvalue weighted by molar-refractivity contribution is 7.89. The summed E-state index contributed by atoms with van der Waals surface area (Å²) in [5, 5.41) is 6.13. The van der Waals surface area contributed by atoms with Crippen molar-refractivity contribution in [2.45, 2.75) is 77.2 Å². The first kappa shape index (κ1) is 26.4. The molecule has 5 fully saturated rings. The standard InChI is InChI=1S/C29H41N3O4S/c1-6-24(33)31-25-27(2,3)17-32(18-28(25,4)5)37(35,36)23-9-7-22(8-10-23)30-26(34)29-14-19-11-20(15-29)13-21(12-19)16-29/h6-10,19-21,25H,1,11-18H2,2-5H3,(H,30,34)(H,31,33). The Kier molecular flexibility index (Phi) is 6.38. The summed E-state index contributed by atoms with van der Waals surface area (Å²) in [6, 6.07) is 6.39. The molecular formula is C29H41N3O4S. The fraction of sp³-hybridized carbons (Fsp3) is 0.655. The Bertz CT molecular complexity index is 1150. The predicted octanol–water partition coefficient (Wildman–Crippen LogP) is 4.57. The van der Waals surface area contributed by atoms with Gasteiger partial charge in [0.05, 0.1) is 10.3 Å². The van der Waals surface area contributed by atoms with Gasteiger partial charge in [-0.2, -0.15) is 4.31 Å². The summed E-state index contributed by atoms with van der Waals surface area (Å²) in [6.07, 6.45) is 8.07. The van der Waals surface area contributed by atoms with Crippen LogP contribution in [0.4, 0.5) is 5.69 Å². The van der Waals surface area contributed by atoms with Crippen molar-refractivity contribution in [3.63, 3.8) is 0 Å². The number of amides is 2. The van der Waals surface area contributed by atoms with E-state index in [-0.39, 0.29) is 41.3 Å². The first-order valence-corrected chi connectivity index (χ1v) is 15.0. The van der Waals surface area contributed by atoms with Gasteiger partial charge < -0.3 is 10.6 Å². The molecule has 2 amide bonds. The highest BCUT2D eigenvalue weighted by atomic mass is 32.2. The Balaban J connectivity index is 1.30. The van der Waals surface area contributed by atoms with E-state index in [1.165, 1.54) is 29.6 Å². The monoisotopic (exact) mass is 527 g/mol. The first-order chi connectivity index (χ1) is 17.2. The number of rotatable bonds is 6. The Morgan fingerprint density at radius 3 is 1.86 bits per heavy atom. The second kappa shape index (κ2) is 8.94. The summed E-state index contributed by atoms with van der Waals surface area (Å²) in [7, 11) is -3.76. The molecule has 1 aromatic carbocycles. The molecule has 1 heterocycles. The Labute approximate surface area is 221 Å². The van der Waals surface area contributed by atoms with E-state index in [0.29, 0.717) is 23.4 Å². The Morgan fingerprint density at radius 1 is 0.919 bits per heavy atom. The van der Waals surface area contributed by atoms with Gasteiger partial charge in [0.15, 0.2) is 0 Å². The molecule has 1 saturated heterocycles. The van der Waals surface area contributed by atoms with Crippen LogP contribution in [0.2, 0.25) is 0 Å². The number of anilines is 1. The van der Waals surface area contributed by atoms with Gasteiger partial charge in [0.2, 0.25) is 21.8 Å². The van der Waals surface area contributed by atoms with Crippen molar-refractivity contribution in [3.8, 4) is 0 Å². The molecule has 0 aromatic heterocycles. The highest BCUT2D eigenvalue weighted by Gasteiger charge is 2.55. The smallest absolute Gasteiger partial charge is 0.243 e. The molecule has 4 aliphatic carbocycles. The maximum absolute atomic E-state index is 13.6. The van der Waals surface area contributed by atoms with Crippen LogP contribution < -0.4 is 10.6 Å². The van der Waals surface area contributed by atoms with Gasteiger partial charge in [0.25, 0.3) is 0 Å². The van der Waals surface area contributed by atoms with Crippen LogP contribution in [0.1, 0.15) is 66.2 Å². The van der Waals surface area contributed by atoms with Gasteiger partial charge in [-0.05, 0) is 97.5 Å². The lowest BCUT2D eigenvalue weighted by atomic mass is 9.49. The molecule has 6 rings (SSSR count). The molecule has 1 aromatic rings. The molecule has 0 radical (unpaired) electrons. The maximum Gasteiger partial charge on any atom is 0.243 e. The number of hydrogen-bond donors (Lipinski definition) is 2. The van der Waals surface area contributed by atoms with E-state index in [1.807, 2.05) is 27.7 Å². The quantitative estimate of drug-likeness (QED) is 0.530. The lowest BCUT2D eigenvalue weighted by molar-refractivity contribution is -0.140. The van der Waals surface area contributed by atoms with E-state index in [0.717, 1.165) is 19.3 Å². The van der Waals surface area contributed by atoms with Crippen LogP contribution in [0.25, 0.3) is 0 Å². The van der Waals surface area contributed by atoms with Gasteiger partial charge in [-0.3, -0.25) is 9.59 Å². The van der Waals surface area contributed by atoms with Crippen LogP contribution >= 0.6 is 0 Å². The number of carbonyl (C=O) groups is 2. The van der Waals surface area contributed by atoms with Crippen molar-refractivity contribution in [1.82, 2.24) is 9.62 Å². The number of carbonyl (C=O) groups excluding carboxylic acids is 2. The van der Waals surface area contributed by atoms with Gasteiger partial charge >= 0.3 is 0 Å². The minimum absolute atomic E-state index is 0.106. The third kappa shape index (κ3) is 4.76. The molecule has 8 heteroatoms. The zero-order valence-electron chi connectivity index (χ0n) is 22.5. The van der Waals surface area contributed by atoms with Crippen molar-refractivity contribution < 1.29 is 18.0 Å². The largest absolute Gasteiger partial charge is 0.349 e. The SMILES string of the molecule is C=CC(=O)NC1C(C)(C)CN(S(=O)(=O)c2ccc(NC(=O)C34CC5CC(CC(C5)C3)C4)cc2)CC1(C)C. The van der Waals surface area contributed by atoms with Gasteiger partial charge in [-0.25, -0.2) is 8.42 Å². The summed E-state index contributed by atoms with van der Waals surface area (Å²) >= 11 is 0. The van der Waals surface area contributed by atoms with Gasteiger partial charge in [0, 0.05) is 24.8 Å². The highest BCUT2D eigenvalue weighted by Crippen LogP contribution is 2.60. The van der Waals surface area contributed by atoms with E-state index >= 15 is 0 Å². The number of benzene rings is 1. The first-order valence-electron chi connectivity index (χ1n) is 13.6. The summed E-state index contributed by atoms with van der Waals surface area (Å²) in [6.45, 7) is 12.0. The van der Waals surface area contributed by atoms with Crippen LogP contribution in [0, 0.1) is 34.0 Å². The molecule has 0 unspecified atom stereocenters. The average molecular weight is 528 g/mol. The number of nitrogens with zero attached hydrogens (tertiary/aromatic N) is 1. The predicted molar refractivity (Wildman–Crippen MR) is 144 cm³/mol. The number of sulfonamides is 1. The molecular weight excluding hydrogens is 486 g/mol. The topological polar surface area (TPSA) is 95.6 Å². The third-order valence-corrected chi connectivity index (χ3v) is 11.3. The van der Waals surface area contributed by atoms with Crippen molar-refractivity contribution >= 4 is 27.5 Å². The molecule has 202 valence electrons. The van der Waals surface area contributed by atoms with E-state index in [9.17, 15) is 18.0 Å². The van der Waals surface area contributed by atoms with Crippen molar-refractivity contribution in [2.24, 2.45) is 34.0 Å². The molecule has 4 bridgehead atoms. The number of nitrogens with one attached hydrogen (secondary N) is 2. The summed E-state index contributed by atoms with van der Waals surface area (Å²) in [5.74, 6) is 1.91. The second-order valence-electron chi connectivity index (χ2n) is 13.6. The van der Waals surface area contributed by atoms with E-state index in [2.05, 4.69) is 17.2 Å². The molecule has 0 spiro atoms. The minimum atomic E-state index is -3.76. The maximum atomic E-state index is 13.6. The Morgan fingerprint density at radius 2 is 1.41 bits per heavy atom. The van der Waals surface area contributed by atoms with Crippen LogP contribution in [-0.2, 0) is 19.6 Å². The van der Waals surface area contributed by atoms with Crippen molar-refractivity contribution in [3.05, 3.63) is 36.9 Å². The molecule has 1 aliphatic heterocycles. The zero-order valence-corrected chi connectivity index (χ0v) is 23.4. The fourth-order valence-electron chi connectivity index (χ4n) is 8.48. The normalized spacial score (nSPS) is 32.6. The second-order valence-corrected chi connectivity index (χ2v) is 15.5. The molecule has 2 N–H and O–H groups in total. The van der Waals surface area contributed by atoms with E-state index in [4.69, 9.17) is 0 Å². The van der Waals surface area contributed by atoms with Crippen LogP contribution in [0.3, 0.4) is 0 Å². The lowest BCUT2D eigenvalue weighted by Crippen LogP contribution is -2.64. The molecule has 0 atom stereocenters. The molecule has 4 saturated carbocycles. The van der Waals surface area contributed by atoms with E-state index in [1.54, 1.807) is 24.3 Å². The van der Waals surface area contributed by atoms with Gasteiger partial charge in [-0.15, -0.1) is 0 Å². The summed E-state index contributed by atoms with van der Waals surface area (Å²) in [5.41, 5.74) is -0.577. The third-order valence-electron chi connectivity index (χ3n) is 9.47. The molecule has 5 aliphatic rings. The lowest BCUT2D eigenvalue weighted by Gasteiger charge is -2.55. The van der Waals surface area contributed by atoms with Crippen molar-refractivity contribution in [2.75, 3.05) is 18.4 Å². The average Bonchev–Trinajstić information content (AvgIpc) is 2.80. The summed E-state index contributed by atoms with van der Waals surface area (Å²) in [4.78, 5) is 25.7. The Hall–Kier alpha value is -2.19. The van der Waals surface area contributed by atoms with E-state index < -0.39 is 20.9 Å². The summed E-state index contributed by atoms with van der Waals surface area (Å²) < 4.78 is 28.8. The fourth-order valence-corrected chi connectivity index (χ4v) is 10.3. The van der Waals surface area contributed by atoms with Crippen LogP contribution in [0.5, 0.6) is 0 Å². The number of piperidine rings is 1.